The number of carbonyl (C=O) groups is 2. The highest BCUT2D eigenvalue weighted by molar-refractivity contribution is 8.01. The van der Waals surface area contributed by atoms with Gasteiger partial charge in [-0.05, 0) is 6.07 Å². The minimum atomic E-state index is -0.656. The van der Waals surface area contributed by atoms with Crippen molar-refractivity contribution in [2.45, 2.75) is 4.34 Å². The van der Waals surface area contributed by atoms with Gasteiger partial charge in [-0.2, -0.15) is 0 Å². The number of rotatable bonds is 7. The number of nitro groups is 1. The summed E-state index contributed by atoms with van der Waals surface area (Å²) < 4.78 is 0.474. The minimum Gasteiger partial charge on any atom is -0.301 e. The molecule has 0 aliphatic rings. The average Bonchev–Trinajstić information content (AvgIpc) is 3.32. The van der Waals surface area contributed by atoms with Crippen molar-refractivity contribution < 1.29 is 14.5 Å². The quantitative estimate of drug-likeness (QED) is 0.256. The highest BCUT2D eigenvalue weighted by atomic mass is 32.2. The van der Waals surface area contributed by atoms with E-state index in [0.29, 0.717) is 9.47 Å². The number of carbonyl (C=O) groups excluding carboxylic acids is 2. The number of benzene rings is 1. The molecular weight excluding hydrogens is 412 g/mol. The van der Waals surface area contributed by atoms with Gasteiger partial charge in [-0.3, -0.25) is 25.0 Å². The molecule has 1 aromatic carbocycles. The van der Waals surface area contributed by atoms with Gasteiger partial charge in [-0.25, -0.2) is 4.98 Å². The van der Waals surface area contributed by atoms with E-state index < -0.39 is 10.8 Å². The molecule has 0 aliphatic heterocycles. The standard InChI is InChI=1S/C14H10N6O4S3/c21-10(16-12-15-5-6-25-12)7-26-14-19-18-13(27-14)17-11(22)8-3-1-2-4-9(8)20(23)24/h1-6H,7H2,(H,15,16,21)(H,17,18,22). The van der Waals surface area contributed by atoms with Crippen LogP contribution in [0, 0.1) is 10.1 Å². The average molecular weight is 422 g/mol. The fourth-order valence-electron chi connectivity index (χ4n) is 1.88. The number of nitrogens with one attached hydrogen (secondary N) is 2. The number of anilines is 2. The third-order valence-electron chi connectivity index (χ3n) is 2.98. The smallest absolute Gasteiger partial charge is 0.282 e. The van der Waals surface area contributed by atoms with E-state index in [1.54, 1.807) is 11.6 Å². The zero-order valence-electron chi connectivity index (χ0n) is 13.3. The number of aromatic nitrogens is 3. The lowest BCUT2D eigenvalue weighted by atomic mass is 10.1. The van der Waals surface area contributed by atoms with Gasteiger partial charge >= 0.3 is 0 Å². The van der Waals surface area contributed by atoms with Crippen LogP contribution >= 0.6 is 34.4 Å². The number of hydrogen-bond acceptors (Lipinski definition) is 10. The lowest BCUT2D eigenvalue weighted by Gasteiger charge is -2.01. The molecular formula is C14H10N6O4S3. The summed E-state index contributed by atoms with van der Waals surface area (Å²) >= 11 is 3.53. The van der Waals surface area contributed by atoms with E-state index in [-0.39, 0.29) is 28.0 Å². The second kappa shape index (κ2) is 8.66. The molecule has 13 heteroatoms. The first-order valence-corrected chi connectivity index (χ1v) is 9.91. The number of nitro benzene ring substituents is 1. The Bertz CT molecular complexity index is 975. The third-order valence-corrected chi connectivity index (χ3v) is 5.64. The molecule has 3 aromatic rings. The summed E-state index contributed by atoms with van der Waals surface area (Å²) in [5.41, 5.74) is -0.372. The molecule has 0 atom stereocenters. The van der Waals surface area contributed by atoms with E-state index in [0.717, 1.165) is 23.1 Å². The predicted molar refractivity (Wildman–Crippen MR) is 102 cm³/mol. The van der Waals surface area contributed by atoms with Crippen molar-refractivity contribution in [1.82, 2.24) is 15.2 Å². The molecule has 2 heterocycles. The van der Waals surface area contributed by atoms with Gasteiger partial charge in [0.25, 0.3) is 11.6 Å². The van der Waals surface area contributed by atoms with Crippen LogP contribution in [0.25, 0.3) is 0 Å². The maximum Gasteiger partial charge on any atom is 0.282 e. The zero-order valence-corrected chi connectivity index (χ0v) is 15.8. The summed E-state index contributed by atoms with van der Waals surface area (Å²) in [4.78, 5) is 38.4. The van der Waals surface area contributed by atoms with E-state index in [4.69, 9.17) is 0 Å². The highest BCUT2D eigenvalue weighted by Crippen LogP contribution is 2.27. The maximum absolute atomic E-state index is 12.2. The molecule has 2 aromatic heterocycles. The van der Waals surface area contributed by atoms with Crippen LogP contribution in [0.1, 0.15) is 10.4 Å². The Kier molecular flexibility index (Phi) is 6.05. The largest absolute Gasteiger partial charge is 0.301 e. The first-order valence-electron chi connectivity index (χ1n) is 7.23. The second-order valence-corrected chi connectivity index (χ2v) is 7.87. The van der Waals surface area contributed by atoms with Crippen LogP contribution in [0.4, 0.5) is 16.0 Å². The van der Waals surface area contributed by atoms with Crippen LogP contribution in [-0.2, 0) is 4.79 Å². The Morgan fingerprint density at radius 1 is 1.19 bits per heavy atom. The van der Waals surface area contributed by atoms with Crippen molar-refractivity contribution >= 4 is 62.2 Å². The van der Waals surface area contributed by atoms with Crippen molar-refractivity contribution in [2.75, 3.05) is 16.4 Å². The van der Waals surface area contributed by atoms with Crippen molar-refractivity contribution in [1.29, 1.82) is 0 Å². The summed E-state index contributed by atoms with van der Waals surface area (Å²) in [5, 5.41) is 26.3. The Labute approximate surface area is 164 Å². The molecule has 0 unspecified atom stereocenters. The Balaban J connectivity index is 1.57. The first kappa shape index (κ1) is 18.9. The van der Waals surface area contributed by atoms with Crippen molar-refractivity contribution in [3.05, 3.63) is 51.5 Å². The number of thioether (sulfide) groups is 1. The highest BCUT2D eigenvalue weighted by Gasteiger charge is 2.20. The Morgan fingerprint density at radius 2 is 2.00 bits per heavy atom. The number of thiazole rings is 1. The summed E-state index contributed by atoms with van der Waals surface area (Å²) in [6.07, 6.45) is 1.59. The summed E-state index contributed by atoms with van der Waals surface area (Å²) in [5.74, 6) is -0.793. The predicted octanol–water partition coefficient (Wildman–Crippen LogP) is 2.89. The lowest BCUT2D eigenvalue weighted by molar-refractivity contribution is -0.385. The Morgan fingerprint density at radius 3 is 2.74 bits per heavy atom. The van der Waals surface area contributed by atoms with Crippen molar-refractivity contribution in [3.8, 4) is 0 Å². The molecule has 3 rings (SSSR count). The SMILES string of the molecule is O=C(CSc1nnc(NC(=O)c2ccccc2[N+](=O)[O-])s1)Nc1nccs1. The van der Waals surface area contributed by atoms with Crippen LogP contribution in [-0.4, -0.2) is 37.7 Å². The molecule has 0 radical (unpaired) electrons. The molecule has 10 nitrogen and oxygen atoms in total. The van der Waals surface area contributed by atoms with Crippen molar-refractivity contribution in [2.24, 2.45) is 0 Å². The van der Waals surface area contributed by atoms with Crippen LogP contribution in [0.5, 0.6) is 0 Å². The molecule has 0 bridgehead atoms. The third kappa shape index (κ3) is 5.06. The second-order valence-electron chi connectivity index (χ2n) is 4.78. The topological polar surface area (TPSA) is 140 Å². The van der Waals surface area contributed by atoms with Gasteiger partial charge < -0.3 is 5.32 Å². The summed E-state index contributed by atoms with van der Waals surface area (Å²) in [7, 11) is 0. The minimum absolute atomic E-state index is 0.0743. The van der Waals surface area contributed by atoms with E-state index in [9.17, 15) is 19.7 Å². The molecule has 2 N–H and O–H groups in total. The van der Waals surface area contributed by atoms with Crippen LogP contribution in [0.2, 0.25) is 0 Å². The lowest BCUT2D eigenvalue weighted by Crippen LogP contribution is -2.13. The van der Waals surface area contributed by atoms with E-state index in [1.807, 2.05) is 0 Å². The van der Waals surface area contributed by atoms with Crippen LogP contribution in [0.15, 0.2) is 40.2 Å². The first-order chi connectivity index (χ1) is 13.0. The maximum atomic E-state index is 12.2. The summed E-state index contributed by atoms with van der Waals surface area (Å²) in [6, 6.07) is 5.61. The van der Waals surface area contributed by atoms with Gasteiger partial charge in [-0.15, -0.1) is 21.5 Å². The summed E-state index contributed by atoms with van der Waals surface area (Å²) in [6.45, 7) is 0. The number of nitrogens with zero attached hydrogens (tertiary/aromatic N) is 4. The monoisotopic (exact) mass is 422 g/mol. The van der Waals surface area contributed by atoms with Gasteiger partial charge in [0.15, 0.2) is 9.47 Å². The molecule has 138 valence electrons. The molecule has 0 spiro atoms. The van der Waals surface area contributed by atoms with Gasteiger partial charge in [0.1, 0.15) is 5.56 Å². The van der Waals surface area contributed by atoms with Crippen molar-refractivity contribution in [3.63, 3.8) is 0 Å². The van der Waals surface area contributed by atoms with Gasteiger partial charge in [0, 0.05) is 17.6 Å². The van der Waals surface area contributed by atoms with Gasteiger partial charge in [0.05, 0.1) is 10.7 Å². The fourth-order valence-corrected chi connectivity index (χ4v) is 3.97. The van der Waals surface area contributed by atoms with Gasteiger partial charge in [0.2, 0.25) is 11.0 Å². The number of para-hydroxylation sites is 1. The van der Waals surface area contributed by atoms with Crippen LogP contribution in [0.3, 0.4) is 0 Å². The fraction of sp³-hybridized carbons (Fsp3) is 0.0714. The molecule has 27 heavy (non-hydrogen) atoms. The Hall–Kier alpha value is -2.90. The molecule has 2 amide bonds. The van der Waals surface area contributed by atoms with E-state index >= 15 is 0 Å². The molecule has 0 saturated carbocycles. The van der Waals surface area contributed by atoms with Gasteiger partial charge in [-0.1, -0.05) is 35.2 Å². The van der Waals surface area contributed by atoms with Crippen LogP contribution < -0.4 is 10.6 Å². The normalized spacial score (nSPS) is 10.4. The molecule has 0 saturated heterocycles. The van der Waals surface area contributed by atoms with E-state index in [1.165, 1.54) is 35.6 Å². The molecule has 0 aliphatic carbocycles. The van der Waals surface area contributed by atoms with E-state index in [2.05, 4.69) is 25.8 Å². The number of amides is 2. The molecule has 0 fully saturated rings. The number of hydrogen-bond donors (Lipinski definition) is 2. The zero-order chi connectivity index (χ0) is 19.2.